The number of benzene rings is 2. The lowest BCUT2D eigenvalue weighted by molar-refractivity contribution is 0.485. The molecule has 0 spiro atoms. The lowest BCUT2D eigenvalue weighted by atomic mass is 10.2. The standard InChI is InChI=1S/C14H13BrO5S2/c1-10-3-5-11(6-4-10)20-22(18,19)14-9-12(21(2,16)17)7-8-13(14)15/h3-9H,1-2H3. The molecule has 2 aromatic rings. The zero-order chi connectivity index (χ0) is 16.5. The maximum atomic E-state index is 12.3. The van der Waals surface area contributed by atoms with Crippen molar-refractivity contribution >= 4 is 35.9 Å². The predicted molar refractivity (Wildman–Crippen MR) is 86.2 cm³/mol. The molecule has 0 aliphatic rings. The van der Waals surface area contributed by atoms with E-state index in [1.165, 1.54) is 24.3 Å². The number of halogens is 1. The SMILES string of the molecule is Cc1ccc(OS(=O)(=O)c2cc(S(C)(=O)=O)ccc2Br)cc1. The van der Waals surface area contributed by atoms with E-state index in [2.05, 4.69) is 15.9 Å². The Balaban J connectivity index is 2.47. The van der Waals surface area contributed by atoms with E-state index in [0.717, 1.165) is 17.9 Å². The summed E-state index contributed by atoms with van der Waals surface area (Å²) in [5, 5.41) is 0. The molecule has 0 radical (unpaired) electrons. The molecule has 2 rings (SSSR count). The van der Waals surface area contributed by atoms with Crippen LogP contribution in [0.5, 0.6) is 5.75 Å². The van der Waals surface area contributed by atoms with Gasteiger partial charge in [-0.1, -0.05) is 17.7 Å². The molecule has 0 saturated carbocycles. The van der Waals surface area contributed by atoms with E-state index >= 15 is 0 Å². The van der Waals surface area contributed by atoms with Crippen LogP contribution in [0, 0.1) is 6.92 Å². The molecule has 0 bridgehead atoms. The first-order chi connectivity index (χ1) is 10.1. The first-order valence-corrected chi connectivity index (χ1v) is 10.2. The Morgan fingerprint density at radius 1 is 0.955 bits per heavy atom. The van der Waals surface area contributed by atoms with Crippen LogP contribution in [0.2, 0.25) is 0 Å². The average molecular weight is 405 g/mol. The minimum Gasteiger partial charge on any atom is -0.379 e. The lowest BCUT2D eigenvalue weighted by Gasteiger charge is -2.10. The van der Waals surface area contributed by atoms with Crippen LogP contribution >= 0.6 is 15.9 Å². The number of sulfone groups is 1. The topological polar surface area (TPSA) is 77.5 Å². The Bertz CT molecular complexity index is 901. The molecule has 0 N–H and O–H groups in total. The first kappa shape index (κ1) is 17.0. The summed E-state index contributed by atoms with van der Waals surface area (Å²) in [7, 11) is -7.67. The third kappa shape index (κ3) is 3.88. The normalized spacial score (nSPS) is 12.1. The molecule has 0 fully saturated rings. The average Bonchev–Trinajstić information content (AvgIpc) is 2.40. The summed E-state index contributed by atoms with van der Waals surface area (Å²) >= 11 is 3.10. The summed E-state index contributed by atoms with van der Waals surface area (Å²) in [5.74, 6) is 0.155. The molecule has 22 heavy (non-hydrogen) atoms. The molecule has 0 atom stereocenters. The minimum absolute atomic E-state index is 0.0956. The molecule has 0 aromatic heterocycles. The molecule has 5 nitrogen and oxygen atoms in total. The van der Waals surface area contributed by atoms with E-state index in [-0.39, 0.29) is 20.0 Å². The summed E-state index contributed by atoms with van der Waals surface area (Å²) in [5.41, 5.74) is 0.963. The van der Waals surface area contributed by atoms with E-state index in [0.29, 0.717) is 0 Å². The van der Waals surface area contributed by atoms with Crippen LogP contribution in [0.3, 0.4) is 0 Å². The van der Waals surface area contributed by atoms with Crippen LogP contribution in [0.25, 0.3) is 0 Å². The van der Waals surface area contributed by atoms with Crippen LogP contribution in [0.1, 0.15) is 5.56 Å². The molecular weight excluding hydrogens is 392 g/mol. The van der Waals surface area contributed by atoms with E-state index in [1.54, 1.807) is 12.1 Å². The Morgan fingerprint density at radius 3 is 2.09 bits per heavy atom. The van der Waals surface area contributed by atoms with Gasteiger partial charge in [0.15, 0.2) is 9.84 Å². The largest absolute Gasteiger partial charge is 0.379 e. The van der Waals surface area contributed by atoms with Crippen molar-refractivity contribution in [2.75, 3.05) is 6.26 Å². The van der Waals surface area contributed by atoms with Gasteiger partial charge < -0.3 is 4.18 Å². The second-order valence-corrected chi connectivity index (χ2v) is 9.10. The number of hydrogen-bond acceptors (Lipinski definition) is 5. The van der Waals surface area contributed by atoms with Crippen LogP contribution in [-0.4, -0.2) is 23.1 Å². The minimum atomic E-state index is -4.15. The Labute approximate surface area is 138 Å². The highest BCUT2D eigenvalue weighted by Gasteiger charge is 2.22. The van der Waals surface area contributed by atoms with Crippen molar-refractivity contribution in [2.45, 2.75) is 16.7 Å². The molecule has 0 aliphatic heterocycles. The molecule has 8 heteroatoms. The third-order valence-corrected chi connectivity index (χ3v) is 6.18. The number of rotatable bonds is 4. The maximum Gasteiger partial charge on any atom is 0.340 e. The second-order valence-electron chi connectivity index (χ2n) is 4.71. The predicted octanol–water partition coefficient (Wildman–Crippen LogP) is 2.93. The van der Waals surface area contributed by atoms with Gasteiger partial charge in [-0.05, 0) is 53.2 Å². The van der Waals surface area contributed by atoms with Gasteiger partial charge in [-0.2, -0.15) is 8.42 Å². The fourth-order valence-electron chi connectivity index (χ4n) is 1.67. The van der Waals surface area contributed by atoms with Crippen molar-refractivity contribution < 1.29 is 21.0 Å². The van der Waals surface area contributed by atoms with Crippen molar-refractivity contribution in [1.82, 2.24) is 0 Å². The number of aryl methyl sites for hydroxylation is 1. The highest BCUT2D eigenvalue weighted by molar-refractivity contribution is 9.10. The third-order valence-electron chi connectivity index (χ3n) is 2.83. The molecule has 0 unspecified atom stereocenters. The molecule has 2 aromatic carbocycles. The van der Waals surface area contributed by atoms with Gasteiger partial charge in [-0.3, -0.25) is 0 Å². The molecule has 0 saturated heterocycles. The highest BCUT2D eigenvalue weighted by Crippen LogP contribution is 2.28. The van der Waals surface area contributed by atoms with E-state index in [4.69, 9.17) is 4.18 Å². The molecule has 118 valence electrons. The Hall–Kier alpha value is -1.38. The van der Waals surface area contributed by atoms with Gasteiger partial charge in [0.25, 0.3) is 0 Å². The van der Waals surface area contributed by atoms with Gasteiger partial charge in [0, 0.05) is 10.7 Å². The van der Waals surface area contributed by atoms with E-state index in [9.17, 15) is 16.8 Å². The van der Waals surface area contributed by atoms with Gasteiger partial charge in [-0.15, -0.1) is 0 Å². The van der Waals surface area contributed by atoms with Crippen molar-refractivity contribution in [3.63, 3.8) is 0 Å². The van der Waals surface area contributed by atoms with Crippen LogP contribution < -0.4 is 4.18 Å². The van der Waals surface area contributed by atoms with Crippen LogP contribution in [0.15, 0.2) is 56.7 Å². The van der Waals surface area contributed by atoms with Crippen molar-refractivity contribution in [1.29, 1.82) is 0 Å². The Kier molecular flexibility index (Phi) is 4.65. The monoisotopic (exact) mass is 404 g/mol. The highest BCUT2D eigenvalue weighted by atomic mass is 79.9. The van der Waals surface area contributed by atoms with E-state index in [1.807, 2.05) is 6.92 Å². The first-order valence-electron chi connectivity index (χ1n) is 6.10. The maximum absolute atomic E-state index is 12.3. The molecule has 0 heterocycles. The summed E-state index contributed by atoms with van der Waals surface area (Å²) in [6.07, 6.45) is 1.01. The van der Waals surface area contributed by atoms with Gasteiger partial charge in [0.2, 0.25) is 0 Å². The molecular formula is C14H13BrO5S2. The van der Waals surface area contributed by atoms with Gasteiger partial charge >= 0.3 is 10.1 Å². The smallest absolute Gasteiger partial charge is 0.340 e. The second kappa shape index (κ2) is 6.02. The summed E-state index contributed by atoms with van der Waals surface area (Å²) < 4.78 is 53.1. The van der Waals surface area contributed by atoms with Gasteiger partial charge in [0.05, 0.1) is 4.90 Å². The van der Waals surface area contributed by atoms with E-state index < -0.39 is 20.0 Å². The van der Waals surface area contributed by atoms with Crippen LogP contribution in [0.4, 0.5) is 0 Å². The summed E-state index contributed by atoms with van der Waals surface area (Å²) in [6.45, 7) is 1.87. The molecule has 0 amide bonds. The number of hydrogen-bond donors (Lipinski definition) is 0. The van der Waals surface area contributed by atoms with Gasteiger partial charge in [-0.25, -0.2) is 8.42 Å². The Morgan fingerprint density at radius 2 is 1.55 bits per heavy atom. The summed E-state index contributed by atoms with van der Waals surface area (Å²) in [4.78, 5) is -0.335. The fourth-order valence-corrected chi connectivity index (χ4v) is 4.27. The molecule has 0 aliphatic carbocycles. The van der Waals surface area contributed by atoms with Gasteiger partial charge in [0.1, 0.15) is 10.6 Å². The van der Waals surface area contributed by atoms with Crippen molar-refractivity contribution in [3.8, 4) is 5.75 Å². The van der Waals surface area contributed by atoms with Crippen LogP contribution in [-0.2, 0) is 20.0 Å². The summed E-state index contributed by atoms with van der Waals surface area (Å²) in [6, 6.07) is 10.2. The fraction of sp³-hybridized carbons (Fsp3) is 0.143. The zero-order valence-corrected chi connectivity index (χ0v) is 15.0. The van der Waals surface area contributed by atoms with Crippen molar-refractivity contribution in [2.24, 2.45) is 0 Å². The quantitative estimate of drug-likeness (QED) is 0.731. The zero-order valence-electron chi connectivity index (χ0n) is 11.8. The van der Waals surface area contributed by atoms with Crippen molar-refractivity contribution in [3.05, 3.63) is 52.5 Å². The lowest BCUT2D eigenvalue weighted by Crippen LogP contribution is -2.11.